The summed E-state index contributed by atoms with van der Waals surface area (Å²) in [5, 5.41) is 18.4. The Morgan fingerprint density at radius 2 is 1.66 bits per heavy atom. The van der Waals surface area contributed by atoms with E-state index >= 15 is 0 Å². The highest BCUT2D eigenvalue weighted by Gasteiger charge is 2.37. The first-order valence-corrected chi connectivity index (χ1v) is 19.1. The van der Waals surface area contributed by atoms with Gasteiger partial charge >= 0.3 is 17.8 Å². The van der Waals surface area contributed by atoms with Crippen molar-refractivity contribution in [3.63, 3.8) is 0 Å². The Bertz CT molecular complexity index is 2280. The molecule has 3 N–H and O–H groups in total. The van der Waals surface area contributed by atoms with Crippen molar-refractivity contribution in [2.75, 3.05) is 44.1 Å². The molecule has 0 unspecified atom stereocenters. The number of hydrogen-bond donors (Lipinski definition) is 3. The average molecular weight is 806 g/mol. The summed E-state index contributed by atoms with van der Waals surface area (Å²) in [5.41, 5.74) is 0.120. The summed E-state index contributed by atoms with van der Waals surface area (Å²) >= 11 is 7.24. The van der Waals surface area contributed by atoms with Crippen molar-refractivity contribution in [1.29, 1.82) is 0 Å². The van der Waals surface area contributed by atoms with E-state index in [0.717, 1.165) is 31.4 Å². The summed E-state index contributed by atoms with van der Waals surface area (Å²) in [6, 6.07) is 16.3. The molecule has 5 rings (SSSR count). The Balaban J connectivity index is 1.65. The number of thiazole rings is 1. The molecule has 1 amide bonds. The second kappa shape index (κ2) is 17.2. The summed E-state index contributed by atoms with van der Waals surface area (Å²) in [4.78, 5) is 53.0. The number of thioether (sulfide) groups is 1. The van der Waals surface area contributed by atoms with Crippen LogP contribution < -0.4 is 24.4 Å². The predicted octanol–water partition coefficient (Wildman–Crippen LogP) is 1.80. The molecule has 16 nitrogen and oxygen atoms in total. The highest BCUT2D eigenvalue weighted by atomic mass is 32.2. The number of carboxylic acids is 2. The van der Waals surface area contributed by atoms with Gasteiger partial charge < -0.3 is 34.1 Å². The number of anilines is 1. The van der Waals surface area contributed by atoms with Crippen LogP contribution in [-0.2, 0) is 45.3 Å². The first-order chi connectivity index (χ1) is 25.3. The molecular weight excluding hydrogens is 775 g/mol. The van der Waals surface area contributed by atoms with E-state index in [-0.39, 0.29) is 46.8 Å². The van der Waals surface area contributed by atoms with E-state index in [9.17, 15) is 37.3 Å². The van der Waals surface area contributed by atoms with Crippen LogP contribution in [0.15, 0.2) is 87.2 Å². The van der Waals surface area contributed by atoms with Crippen molar-refractivity contribution in [1.82, 2.24) is 9.47 Å². The van der Waals surface area contributed by atoms with E-state index in [2.05, 4.69) is 0 Å². The minimum absolute atomic E-state index is 0.0140. The van der Waals surface area contributed by atoms with Crippen molar-refractivity contribution >= 4 is 85.7 Å². The topological polar surface area (TPSA) is 211 Å². The number of ether oxygens (including phenoxy) is 4. The second-order valence-electron chi connectivity index (χ2n) is 11.0. The number of hydrogen-bond acceptors (Lipinski definition) is 14. The summed E-state index contributed by atoms with van der Waals surface area (Å²) in [5.74, 6) is -3.56. The molecule has 53 heavy (non-hydrogen) atoms. The first-order valence-electron chi connectivity index (χ1n) is 15.5. The SMILES string of the molecule is COC(C=CC(Oc1ccccc1)=C1Sc2ccccc2N1CCCS(=O)(=O)O)=c1s/c(=C2/OC(=S)N(CC(=O)O)C2=O)n(CCOCC(=O)O)c1=O. The molecule has 1 saturated heterocycles. The summed E-state index contributed by atoms with van der Waals surface area (Å²) in [6.45, 7) is -1.69. The molecule has 0 atom stereocenters. The van der Waals surface area contributed by atoms with Gasteiger partial charge in [0.2, 0.25) is 5.76 Å². The van der Waals surface area contributed by atoms with Crippen LogP contribution in [0.1, 0.15) is 6.42 Å². The molecule has 20 heteroatoms. The van der Waals surface area contributed by atoms with Crippen LogP contribution in [0.5, 0.6) is 5.75 Å². The third kappa shape index (κ3) is 9.72. The van der Waals surface area contributed by atoms with Crippen molar-refractivity contribution in [2.45, 2.75) is 17.9 Å². The van der Waals surface area contributed by atoms with Crippen LogP contribution in [0, 0.1) is 0 Å². The maximum Gasteiger partial charge on any atom is 0.329 e. The van der Waals surface area contributed by atoms with Crippen LogP contribution in [0.3, 0.4) is 0 Å². The number of aromatic nitrogens is 1. The van der Waals surface area contributed by atoms with Crippen molar-refractivity contribution in [3.05, 3.63) is 97.1 Å². The van der Waals surface area contributed by atoms with Gasteiger partial charge in [-0.1, -0.05) is 42.1 Å². The molecule has 0 saturated carbocycles. The maximum absolute atomic E-state index is 13.9. The number of para-hydroxylation sites is 2. The molecule has 0 radical (unpaired) electrons. The zero-order valence-corrected chi connectivity index (χ0v) is 31.0. The number of thiocarbonyl (C=S) groups is 1. The largest absolute Gasteiger partial charge is 0.495 e. The van der Waals surface area contributed by atoms with Crippen molar-refractivity contribution in [3.8, 4) is 5.75 Å². The number of carbonyl (C=O) groups excluding carboxylic acids is 1. The molecule has 1 aromatic heterocycles. The number of nitrogens with zero attached hydrogens (tertiary/aromatic N) is 3. The van der Waals surface area contributed by atoms with Gasteiger partial charge in [-0.05, 0) is 55.1 Å². The van der Waals surface area contributed by atoms with Gasteiger partial charge in [-0.3, -0.25) is 28.4 Å². The van der Waals surface area contributed by atoms with Crippen LogP contribution >= 0.6 is 35.3 Å². The number of carbonyl (C=O) groups is 3. The Morgan fingerprint density at radius 3 is 2.34 bits per heavy atom. The fraction of sp³-hybridized carbons (Fsp3) is 0.242. The molecule has 2 aromatic carbocycles. The molecule has 0 spiro atoms. The van der Waals surface area contributed by atoms with Crippen LogP contribution in [0.2, 0.25) is 0 Å². The number of allylic oxidation sites excluding steroid dienone is 1. The molecule has 0 aliphatic carbocycles. The highest BCUT2D eigenvalue weighted by Crippen LogP contribution is 2.47. The van der Waals surface area contributed by atoms with E-state index in [1.807, 2.05) is 35.2 Å². The first kappa shape index (κ1) is 39.2. The molecule has 1 fully saturated rings. The molecule has 0 bridgehead atoms. The fourth-order valence-corrected chi connectivity index (χ4v) is 8.07. The zero-order valence-electron chi connectivity index (χ0n) is 27.7. The number of methoxy groups -OCH3 is 1. The highest BCUT2D eigenvalue weighted by molar-refractivity contribution is 8.03. The quantitative estimate of drug-likeness (QED) is 0.0816. The van der Waals surface area contributed by atoms with Crippen LogP contribution in [0.25, 0.3) is 11.5 Å². The minimum Gasteiger partial charge on any atom is -0.495 e. The summed E-state index contributed by atoms with van der Waals surface area (Å²) in [7, 11) is -2.90. The number of aliphatic carboxylic acids is 2. The molecule has 280 valence electrons. The van der Waals surface area contributed by atoms with Crippen molar-refractivity contribution in [2.24, 2.45) is 0 Å². The number of fused-ring (bicyclic) bond motifs is 1. The lowest BCUT2D eigenvalue weighted by Crippen LogP contribution is -2.36. The number of amides is 1. The summed E-state index contributed by atoms with van der Waals surface area (Å²) in [6.07, 6.45) is 3.12. The lowest BCUT2D eigenvalue weighted by atomic mass is 10.2. The maximum atomic E-state index is 13.9. The normalized spacial score (nSPS) is 16.9. The Kier molecular flexibility index (Phi) is 12.7. The van der Waals surface area contributed by atoms with Gasteiger partial charge in [0.05, 0.1) is 31.7 Å². The van der Waals surface area contributed by atoms with Gasteiger partial charge in [-0.2, -0.15) is 8.42 Å². The lowest BCUT2D eigenvalue weighted by molar-refractivity contribution is -0.142. The Morgan fingerprint density at radius 1 is 0.962 bits per heavy atom. The smallest absolute Gasteiger partial charge is 0.329 e. The molecule has 2 aliphatic heterocycles. The predicted molar refractivity (Wildman–Crippen MR) is 197 cm³/mol. The minimum atomic E-state index is -4.22. The lowest BCUT2D eigenvalue weighted by Gasteiger charge is -2.22. The van der Waals surface area contributed by atoms with E-state index in [1.165, 1.54) is 24.9 Å². The van der Waals surface area contributed by atoms with E-state index in [0.29, 0.717) is 10.8 Å². The molecule has 2 aliphatic rings. The van der Waals surface area contributed by atoms with Gasteiger partial charge in [-0.25, -0.2) is 4.79 Å². The van der Waals surface area contributed by atoms with Gasteiger partial charge in [0.1, 0.15) is 38.9 Å². The van der Waals surface area contributed by atoms with Gasteiger partial charge in [-0.15, -0.1) is 11.3 Å². The number of carboxylic acid groups (broad SMARTS) is 2. The van der Waals surface area contributed by atoms with E-state index in [1.54, 1.807) is 30.3 Å². The van der Waals surface area contributed by atoms with E-state index in [4.69, 9.17) is 36.3 Å². The molecule has 3 heterocycles. The van der Waals surface area contributed by atoms with Crippen molar-refractivity contribution < 1.29 is 56.5 Å². The Labute approximate surface area is 315 Å². The molecule has 3 aromatic rings. The van der Waals surface area contributed by atoms with E-state index < -0.39 is 63.4 Å². The van der Waals surface area contributed by atoms with Gasteiger partial charge in [0.15, 0.2) is 5.76 Å². The molecular formula is C33H31N3O13S4. The average Bonchev–Trinajstić information content (AvgIpc) is 3.73. The van der Waals surface area contributed by atoms with Crippen LogP contribution in [0.4, 0.5) is 5.69 Å². The second-order valence-corrected chi connectivity index (χ2v) is 14.9. The third-order valence-corrected chi connectivity index (χ3v) is 10.8. The monoisotopic (exact) mass is 805 g/mol. The number of rotatable bonds is 16. The van der Waals surface area contributed by atoms with Gasteiger partial charge in [0.25, 0.3) is 20.9 Å². The van der Waals surface area contributed by atoms with Crippen LogP contribution in [-0.4, -0.2) is 94.8 Å². The standard InChI is InChI=1S/C33H31N3O13S4/c1-46-22(28-30(42)35(15-16-47-19-26(39)40)32(52-28)27-29(41)36(18-25(37)38)33(50)49-27)12-13-23(48-20-8-3-2-4-9-20)31-34(14-7-17-53(43,44)45)21-10-5-6-11-24(21)51-31/h2-6,8-13H,7,14-19H2,1H3,(H,37,38)(H,39,40)(H,43,44,45)/b13-12?,28-22?,31-23?,32-27+. The zero-order chi connectivity index (χ0) is 38.3. The summed E-state index contributed by atoms with van der Waals surface area (Å²) < 4.78 is 56.1. The fourth-order valence-electron chi connectivity index (χ4n) is 5.05. The third-order valence-electron chi connectivity index (χ3n) is 7.31. The number of benzene rings is 2. The Hall–Kier alpha value is -4.99. The van der Waals surface area contributed by atoms with Gasteiger partial charge in [0, 0.05) is 11.4 Å².